The number of hydrogen-bond acceptors (Lipinski definition) is 3. The lowest BCUT2D eigenvalue weighted by Crippen LogP contribution is -2.45. The van der Waals surface area contributed by atoms with Crippen LogP contribution in [0.4, 0.5) is 0 Å². The van der Waals surface area contributed by atoms with Gasteiger partial charge in [0.05, 0.1) is 6.07 Å². The predicted molar refractivity (Wildman–Crippen MR) is 51.2 cm³/mol. The fourth-order valence-electron chi connectivity index (χ4n) is 2.63. The Kier molecular flexibility index (Phi) is 2.82. The Balaban J connectivity index is 1.90. The summed E-state index contributed by atoms with van der Waals surface area (Å²) in [6.07, 6.45) is 3.37. The van der Waals surface area contributed by atoms with Gasteiger partial charge in [-0.3, -0.25) is 4.90 Å². The molecule has 2 rings (SSSR count). The van der Waals surface area contributed by atoms with Crippen LogP contribution in [0.25, 0.3) is 0 Å². The Morgan fingerprint density at radius 3 is 3.23 bits per heavy atom. The molecule has 2 fully saturated rings. The van der Waals surface area contributed by atoms with E-state index in [1.165, 1.54) is 25.9 Å². The van der Waals surface area contributed by atoms with E-state index < -0.39 is 0 Å². The van der Waals surface area contributed by atoms with Crippen LogP contribution in [0.2, 0.25) is 0 Å². The van der Waals surface area contributed by atoms with Crippen LogP contribution < -0.4 is 5.32 Å². The van der Waals surface area contributed by atoms with Gasteiger partial charge in [-0.1, -0.05) is 0 Å². The van der Waals surface area contributed by atoms with E-state index in [0.717, 1.165) is 25.0 Å². The molecule has 1 N–H and O–H groups in total. The van der Waals surface area contributed by atoms with Crippen LogP contribution in [0, 0.1) is 17.2 Å². The predicted octanol–water partition coefficient (Wildman–Crippen LogP) is 0.584. The summed E-state index contributed by atoms with van der Waals surface area (Å²) in [5, 5.41) is 12.0. The van der Waals surface area contributed by atoms with Crippen molar-refractivity contribution >= 4 is 0 Å². The molecule has 0 aromatic carbocycles. The van der Waals surface area contributed by atoms with Gasteiger partial charge < -0.3 is 5.32 Å². The van der Waals surface area contributed by atoms with Crippen LogP contribution in [0.15, 0.2) is 0 Å². The first kappa shape index (κ1) is 8.98. The summed E-state index contributed by atoms with van der Waals surface area (Å²) < 4.78 is 0. The Bertz CT molecular complexity index is 209. The molecule has 0 aromatic rings. The Labute approximate surface area is 79.7 Å². The average molecular weight is 179 g/mol. The van der Waals surface area contributed by atoms with Gasteiger partial charge in [-0.15, -0.1) is 0 Å². The van der Waals surface area contributed by atoms with Gasteiger partial charge in [-0.25, -0.2) is 0 Å². The summed E-state index contributed by atoms with van der Waals surface area (Å²) in [6, 6.07) is 2.96. The number of piperidine rings is 1. The van der Waals surface area contributed by atoms with E-state index in [9.17, 15) is 0 Å². The molecule has 2 atom stereocenters. The third-order valence-corrected chi connectivity index (χ3v) is 3.30. The second kappa shape index (κ2) is 4.08. The first-order valence-electron chi connectivity index (χ1n) is 5.23. The van der Waals surface area contributed by atoms with Crippen molar-refractivity contribution in [2.75, 3.05) is 26.2 Å². The zero-order valence-electron chi connectivity index (χ0n) is 8.00. The summed E-state index contributed by atoms with van der Waals surface area (Å²) in [6.45, 7) is 4.49. The van der Waals surface area contributed by atoms with E-state index in [4.69, 9.17) is 5.26 Å². The van der Waals surface area contributed by atoms with Gasteiger partial charge >= 0.3 is 0 Å². The third kappa shape index (κ3) is 1.84. The molecule has 72 valence electrons. The first-order chi connectivity index (χ1) is 6.42. The fourth-order valence-corrected chi connectivity index (χ4v) is 2.63. The maximum Gasteiger partial charge on any atom is 0.0635 e. The summed E-state index contributed by atoms with van der Waals surface area (Å²) in [5.74, 6) is 0.854. The van der Waals surface area contributed by atoms with Crippen molar-refractivity contribution in [2.24, 2.45) is 5.92 Å². The summed E-state index contributed by atoms with van der Waals surface area (Å²) in [7, 11) is 0. The number of fused-ring (bicyclic) bond motifs is 1. The van der Waals surface area contributed by atoms with E-state index in [0.29, 0.717) is 6.42 Å². The van der Waals surface area contributed by atoms with Crippen molar-refractivity contribution in [2.45, 2.75) is 25.3 Å². The molecule has 0 saturated carbocycles. The molecule has 0 spiro atoms. The smallest absolute Gasteiger partial charge is 0.0635 e. The molecular weight excluding hydrogens is 162 g/mol. The van der Waals surface area contributed by atoms with Crippen LogP contribution in [-0.2, 0) is 0 Å². The van der Waals surface area contributed by atoms with Gasteiger partial charge in [0, 0.05) is 25.6 Å². The molecule has 3 nitrogen and oxygen atoms in total. The lowest BCUT2D eigenvalue weighted by Gasteiger charge is -2.36. The summed E-state index contributed by atoms with van der Waals surface area (Å²) in [5.41, 5.74) is 0. The van der Waals surface area contributed by atoms with Gasteiger partial charge in [0.1, 0.15) is 0 Å². The number of nitrogens with zero attached hydrogens (tertiary/aromatic N) is 2. The average Bonchev–Trinajstić information content (AvgIpc) is 2.62. The summed E-state index contributed by atoms with van der Waals surface area (Å²) in [4.78, 5) is 2.50. The number of hydrogen-bond donors (Lipinski definition) is 1. The zero-order valence-corrected chi connectivity index (χ0v) is 8.00. The molecule has 2 saturated heterocycles. The second-order valence-corrected chi connectivity index (χ2v) is 4.07. The Morgan fingerprint density at radius 2 is 2.38 bits per heavy atom. The van der Waals surface area contributed by atoms with E-state index in [2.05, 4.69) is 16.3 Å². The van der Waals surface area contributed by atoms with Gasteiger partial charge in [0.25, 0.3) is 0 Å². The third-order valence-electron chi connectivity index (χ3n) is 3.30. The van der Waals surface area contributed by atoms with Crippen molar-refractivity contribution in [3.8, 4) is 6.07 Å². The highest BCUT2D eigenvalue weighted by atomic mass is 15.2. The summed E-state index contributed by atoms with van der Waals surface area (Å²) >= 11 is 0. The molecule has 2 unspecified atom stereocenters. The monoisotopic (exact) mass is 179 g/mol. The van der Waals surface area contributed by atoms with E-state index >= 15 is 0 Å². The van der Waals surface area contributed by atoms with Crippen molar-refractivity contribution < 1.29 is 0 Å². The van der Waals surface area contributed by atoms with Crippen LogP contribution in [0.5, 0.6) is 0 Å². The van der Waals surface area contributed by atoms with E-state index in [1.807, 2.05) is 0 Å². The van der Waals surface area contributed by atoms with Gasteiger partial charge in [-0.05, 0) is 31.8 Å². The molecule has 2 heterocycles. The normalized spacial score (nSPS) is 34.1. The standard InChI is InChI=1S/C10H17N3/c11-4-2-6-13-5-1-3-9-7-12-8-10(9)13/h9-10,12H,1-3,5-8H2. The first-order valence-corrected chi connectivity index (χ1v) is 5.23. The van der Waals surface area contributed by atoms with Crippen molar-refractivity contribution in [1.82, 2.24) is 10.2 Å². The lowest BCUT2D eigenvalue weighted by molar-refractivity contribution is 0.128. The van der Waals surface area contributed by atoms with E-state index in [-0.39, 0.29) is 0 Å². The maximum absolute atomic E-state index is 8.55. The highest BCUT2D eigenvalue weighted by molar-refractivity contribution is 4.92. The minimum Gasteiger partial charge on any atom is -0.315 e. The molecular formula is C10H17N3. The lowest BCUT2D eigenvalue weighted by atomic mass is 9.92. The molecule has 0 aromatic heterocycles. The molecule has 0 aliphatic carbocycles. The van der Waals surface area contributed by atoms with Crippen LogP contribution >= 0.6 is 0 Å². The molecule has 0 bridgehead atoms. The van der Waals surface area contributed by atoms with Crippen LogP contribution in [0.1, 0.15) is 19.3 Å². The van der Waals surface area contributed by atoms with Gasteiger partial charge in [-0.2, -0.15) is 5.26 Å². The Hall–Kier alpha value is -0.590. The molecule has 0 amide bonds. The molecule has 2 aliphatic heterocycles. The molecule has 3 heteroatoms. The number of likely N-dealkylation sites (tertiary alicyclic amines) is 1. The van der Waals surface area contributed by atoms with Gasteiger partial charge in [0.2, 0.25) is 0 Å². The van der Waals surface area contributed by atoms with Crippen molar-refractivity contribution in [1.29, 1.82) is 5.26 Å². The molecule has 0 radical (unpaired) electrons. The highest BCUT2D eigenvalue weighted by Crippen LogP contribution is 2.26. The largest absolute Gasteiger partial charge is 0.315 e. The zero-order chi connectivity index (χ0) is 9.10. The SMILES string of the molecule is N#CCCN1CCCC2CNCC21. The molecule has 13 heavy (non-hydrogen) atoms. The van der Waals surface area contributed by atoms with Crippen molar-refractivity contribution in [3.63, 3.8) is 0 Å². The van der Waals surface area contributed by atoms with Crippen LogP contribution in [-0.4, -0.2) is 37.1 Å². The number of nitrogens with one attached hydrogen (secondary N) is 1. The minimum absolute atomic E-state index is 0.684. The van der Waals surface area contributed by atoms with E-state index in [1.54, 1.807) is 0 Å². The van der Waals surface area contributed by atoms with Crippen LogP contribution in [0.3, 0.4) is 0 Å². The number of rotatable bonds is 2. The quantitative estimate of drug-likeness (QED) is 0.674. The highest BCUT2D eigenvalue weighted by Gasteiger charge is 2.34. The molecule has 2 aliphatic rings. The topological polar surface area (TPSA) is 39.1 Å². The Morgan fingerprint density at radius 1 is 1.46 bits per heavy atom. The van der Waals surface area contributed by atoms with Crippen molar-refractivity contribution in [3.05, 3.63) is 0 Å². The number of nitriles is 1. The second-order valence-electron chi connectivity index (χ2n) is 4.07. The fraction of sp³-hybridized carbons (Fsp3) is 0.900. The minimum atomic E-state index is 0.684. The maximum atomic E-state index is 8.55. The van der Waals surface area contributed by atoms with Gasteiger partial charge in [0.15, 0.2) is 0 Å².